The number of nitrogens with zero attached hydrogens (tertiary/aromatic N) is 1. The van der Waals surface area contributed by atoms with Crippen LogP contribution in [0.4, 0.5) is 0 Å². The summed E-state index contributed by atoms with van der Waals surface area (Å²) in [5, 5.41) is 5.42. The van der Waals surface area contributed by atoms with Crippen LogP contribution in [-0.2, 0) is 14.8 Å². The van der Waals surface area contributed by atoms with Crippen LogP contribution in [0.5, 0.6) is 0 Å². The maximum Gasteiger partial charge on any atom is 0.243 e. The van der Waals surface area contributed by atoms with E-state index in [-0.39, 0.29) is 36.3 Å². The van der Waals surface area contributed by atoms with Gasteiger partial charge in [0.2, 0.25) is 15.9 Å². The van der Waals surface area contributed by atoms with E-state index in [0.29, 0.717) is 18.1 Å². The minimum Gasteiger partial charge on any atom is -0.370 e. The van der Waals surface area contributed by atoms with Crippen molar-refractivity contribution in [2.45, 2.75) is 17.4 Å². The molecule has 1 unspecified atom stereocenters. The van der Waals surface area contributed by atoms with E-state index < -0.39 is 15.9 Å². The van der Waals surface area contributed by atoms with Crippen LogP contribution in [0.25, 0.3) is 10.8 Å². The number of nitrogens with one attached hydrogen (secondary N) is 1. The second-order valence-corrected chi connectivity index (χ2v) is 8.21. The number of primary amides is 1. The normalized spacial score (nSPS) is 18.7. The molecule has 1 aliphatic rings. The van der Waals surface area contributed by atoms with Gasteiger partial charge >= 0.3 is 0 Å². The fraction of sp³-hybridized carbons (Fsp3) is 0.312. The first-order valence-corrected chi connectivity index (χ1v) is 9.39. The van der Waals surface area contributed by atoms with E-state index in [0.717, 1.165) is 10.8 Å². The maximum absolute atomic E-state index is 12.9. The van der Waals surface area contributed by atoms with Gasteiger partial charge in [-0.2, -0.15) is 4.31 Å². The summed E-state index contributed by atoms with van der Waals surface area (Å²) in [6.45, 7) is 1.07. The molecule has 0 spiro atoms. The lowest BCUT2D eigenvalue weighted by atomic mass is 10.1. The number of carbonyl (C=O) groups excluding carboxylic acids is 1. The van der Waals surface area contributed by atoms with Crippen molar-refractivity contribution in [1.29, 1.82) is 0 Å². The predicted molar refractivity (Wildman–Crippen MR) is 101 cm³/mol. The molecular weight excluding hydrogens is 385 g/mol. The zero-order valence-electron chi connectivity index (χ0n) is 13.3. The highest BCUT2D eigenvalue weighted by molar-refractivity contribution is 7.89. The average molecular weight is 404 g/mol. The number of rotatable bonds is 4. The molecule has 1 aliphatic heterocycles. The van der Waals surface area contributed by atoms with Gasteiger partial charge in [0.15, 0.2) is 0 Å². The summed E-state index contributed by atoms with van der Waals surface area (Å²) in [5.74, 6) is -0.450. The highest BCUT2D eigenvalue weighted by Gasteiger charge is 2.30. The summed E-state index contributed by atoms with van der Waals surface area (Å²) in [5.41, 5.74) is 5.21. The second-order valence-electron chi connectivity index (χ2n) is 5.84. The molecule has 9 heteroatoms. The van der Waals surface area contributed by atoms with Gasteiger partial charge in [0, 0.05) is 37.1 Å². The van der Waals surface area contributed by atoms with Crippen LogP contribution in [-0.4, -0.2) is 44.3 Å². The SMILES string of the molecule is Cl.NC(=O)CC1CN(S(=O)(=O)c2ccc3cc(Cl)ccc3c2)CCN1. The zero-order valence-corrected chi connectivity index (χ0v) is 15.7. The first kappa shape index (κ1) is 19.9. The Labute approximate surface area is 157 Å². The van der Waals surface area contributed by atoms with E-state index in [1.54, 1.807) is 36.4 Å². The Bertz CT molecular complexity index is 889. The van der Waals surface area contributed by atoms with Gasteiger partial charge in [-0.15, -0.1) is 12.4 Å². The molecule has 0 saturated carbocycles. The van der Waals surface area contributed by atoms with Crippen LogP contribution in [0.3, 0.4) is 0 Å². The van der Waals surface area contributed by atoms with Gasteiger partial charge in [0.1, 0.15) is 0 Å². The summed E-state index contributed by atoms with van der Waals surface area (Å²) < 4.78 is 27.2. The van der Waals surface area contributed by atoms with Crippen molar-refractivity contribution in [2.75, 3.05) is 19.6 Å². The van der Waals surface area contributed by atoms with Crippen molar-refractivity contribution in [2.24, 2.45) is 5.73 Å². The number of fused-ring (bicyclic) bond motifs is 1. The summed E-state index contributed by atoms with van der Waals surface area (Å²) in [6, 6.07) is 10.0. The molecular formula is C16H19Cl2N3O3S. The third-order valence-electron chi connectivity index (χ3n) is 4.08. The lowest BCUT2D eigenvalue weighted by molar-refractivity contribution is -0.118. The van der Waals surface area contributed by atoms with Crippen molar-refractivity contribution in [1.82, 2.24) is 9.62 Å². The Morgan fingerprint density at radius 3 is 2.64 bits per heavy atom. The minimum atomic E-state index is -3.62. The monoisotopic (exact) mass is 403 g/mol. The first-order valence-electron chi connectivity index (χ1n) is 7.57. The number of hydrogen-bond acceptors (Lipinski definition) is 4. The lowest BCUT2D eigenvalue weighted by Gasteiger charge is -2.32. The van der Waals surface area contributed by atoms with Gasteiger partial charge < -0.3 is 11.1 Å². The Balaban J connectivity index is 0.00000225. The van der Waals surface area contributed by atoms with Gasteiger partial charge in [0.05, 0.1) is 4.90 Å². The zero-order chi connectivity index (χ0) is 17.3. The standard InChI is InChI=1S/C16H18ClN3O3S.ClH/c17-13-3-1-12-8-15(4-2-11(12)7-13)24(22,23)20-6-5-19-14(10-20)9-16(18)21;/h1-4,7-8,14,19H,5-6,9-10H2,(H2,18,21);1H. The van der Waals surface area contributed by atoms with Gasteiger partial charge in [-0.3, -0.25) is 4.79 Å². The van der Waals surface area contributed by atoms with Gasteiger partial charge in [0.25, 0.3) is 0 Å². The van der Waals surface area contributed by atoms with Crippen LogP contribution in [0.15, 0.2) is 41.3 Å². The van der Waals surface area contributed by atoms with Gasteiger partial charge in [-0.25, -0.2) is 8.42 Å². The van der Waals surface area contributed by atoms with Crippen molar-refractivity contribution in [3.05, 3.63) is 41.4 Å². The van der Waals surface area contributed by atoms with Crippen molar-refractivity contribution in [3.8, 4) is 0 Å². The smallest absolute Gasteiger partial charge is 0.243 e. The molecule has 1 heterocycles. The molecule has 1 fully saturated rings. The summed E-state index contributed by atoms with van der Waals surface area (Å²) in [6.07, 6.45) is 0.113. The van der Waals surface area contributed by atoms with E-state index >= 15 is 0 Å². The Kier molecular flexibility index (Phi) is 6.29. The van der Waals surface area contributed by atoms with Gasteiger partial charge in [-0.05, 0) is 35.0 Å². The molecule has 0 bridgehead atoms. The number of sulfonamides is 1. The molecule has 0 aromatic heterocycles. The second kappa shape index (κ2) is 7.88. The summed E-state index contributed by atoms with van der Waals surface area (Å²) in [7, 11) is -3.62. The molecule has 2 aromatic carbocycles. The average Bonchev–Trinajstić information content (AvgIpc) is 2.54. The Hall–Kier alpha value is -1.38. The van der Waals surface area contributed by atoms with Crippen molar-refractivity contribution < 1.29 is 13.2 Å². The molecule has 0 aliphatic carbocycles. The van der Waals surface area contributed by atoms with Crippen LogP contribution in [0.2, 0.25) is 5.02 Å². The molecule has 136 valence electrons. The molecule has 6 nitrogen and oxygen atoms in total. The fourth-order valence-corrected chi connectivity index (χ4v) is 4.60. The van der Waals surface area contributed by atoms with E-state index in [4.69, 9.17) is 17.3 Å². The molecule has 25 heavy (non-hydrogen) atoms. The predicted octanol–water partition coefficient (Wildman–Crippen LogP) is 1.75. The highest BCUT2D eigenvalue weighted by atomic mass is 35.5. The molecule has 3 rings (SSSR count). The number of amides is 1. The Morgan fingerprint density at radius 2 is 1.92 bits per heavy atom. The summed E-state index contributed by atoms with van der Waals surface area (Å²) in [4.78, 5) is 11.3. The molecule has 3 N–H and O–H groups in total. The number of hydrogen-bond donors (Lipinski definition) is 2. The molecule has 1 atom stereocenters. The number of piperazine rings is 1. The van der Waals surface area contributed by atoms with Crippen molar-refractivity contribution in [3.63, 3.8) is 0 Å². The summed E-state index contributed by atoms with van der Waals surface area (Å²) >= 11 is 5.96. The topological polar surface area (TPSA) is 92.5 Å². The largest absolute Gasteiger partial charge is 0.370 e. The van der Waals surface area contributed by atoms with Crippen LogP contribution < -0.4 is 11.1 Å². The maximum atomic E-state index is 12.9. The number of nitrogens with two attached hydrogens (primary N) is 1. The fourth-order valence-electron chi connectivity index (χ4n) is 2.90. The third-order valence-corrected chi connectivity index (χ3v) is 6.17. The van der Waals surface area contributed by atoms with E-state index in [2.05, 4.69) is 5.32 Å². The van der Waals surface area contributed by atoms with E-state index in [1.807, 2.05) is 0 Å². The Morgan fingerprint density at radius 1 is 1.24 bits per heavy atom. The molecule has 1 amide bonds. The van der Waals surface area contributed by atoms with Crippen molar-refractivity contribution >= 4 is 50.7 Å². The number of halogens is 2. The number of benzene rings is 2. The minimum absolute atomic E-state index is 0. The third kappa shape index (κ3) is 4.43. The molecule has 1 saturated heterocycles. The van der Waals surface area contributed by atoms with Crippen LogP contribution in [0.1, 0.15) is 6.42 Å². The van der Waals surface area contributed by atoms with E-state index in [9.17, 15) is 13.2 Å². The van der Waals surface area contributed by atoms with Gasteiger partial charge in [-0.1, -0.05) is 23.7 Å². The highest BCUT2D eigenvalue weighted by Crippen LogP contribution is 2.25. The first-order chi connectivity index (χ1) is 11.4. The van der Waals surface area contributed by atoms with E-state index in [1.165, 1.54) is 4.31 Å². The van der Waals surface area contributed by atoms with Crippen LogP contribution in [0, 0.1) is 0 Å². The van der Waals surface area contributed by atoms with Crippen LogP contribution >= 0.6 is 24.0 Å². The molecule has 2 aromatic rings. The number of carbonyl (C=O) groups is 1. The molecule has 0 radical (unpaired) electrons. The quantitative estimate of drug-likeness (QED) is 0.812. The lowest BCUT2D eigenvalue weighted by Crippen LogP contribution is -2.53.